The fourth-order valence-corrected chi connectivity index (χ4v) is 3.41. The monoisotopic (exact) mass is 312 g/mol. The molecule has 0 N–H and O–H groups in total. The van der Waals surface area contributed by atoms with E-state index < -0.39 is 14.8 Å². The van der Waals surface area contributed by atoms with Crippen molar-refractivity contribution in [1.29, 1.82) is 0 Å². The van der Waals surface area contributed by atoms with E-state index in [4.69, 9.17) is 0 Å². The van der Waals surface area contributed by atoms with Crippen molar-refractivity contribution in [3.63, 3.8) is 0 Å². The molecule has 0 unspecified atom stereocenters. The first-order chi connectivity index (χ1) is 9.82. The van der Waals surface area contributed by atoms with E-state index in [1.54, 1.807) is 6.07 Å². The summed E-state index contributed by atoms with van der Waals surface area (Å²) in [7, 11) is -3.44. The van der Waals surface area contributed by atoms with E-state index >= 15 is 0 Å². The number of nitrogens with zero attached hydrogens (tertiary/aromatic N) is 2. The Morgan fingerprint density at radius 2 is 2.14 bits per heavy atom. The lowest BCUT2D eigenvalue weighted by molar-refractivity contribution is -0.384. The molecule has 0 bridgehead atoms. The molecular formula is C14H20N2O4S. The molecule has 6 nitrogen and oxygen atoms in total. The van der Waals surface area contributed by atoms with Crippen LogP contribution >= 0.6 is 0 Å². The van der Waals surface area contributed by atoms with Gasteiger partial charge in [0.15, 0.2) is 9.84 Å². The van der Waals surface area contributed by atoms with Gasteiger partial charge in [-0.3, -0.25) is 10.1 Å². The summed E-state index contributed by atoms with van der Waals surface area (Å²) in [6.45, 7) is 3.68. The molecule has 21 heavy (non-hydrogen) atoms. The largest absolute Gasteiger partial charge is 0.366 e. The van der Waals surface area contributed by atoms with E-state index in [2.05, 4.69) is 6.92 Å². The maximum absolute atomic E-state index is 11.6. The highest BCUT2D eigenvalue weighted by Crippen LogP contribution is 2.34. The van der Waals surface area contributed by atoms with Crippen LogP contribution < -0.4 is 4.90 Å². The number of rotatable bonds is 4. The highest BCUT2D eigenvalue weighted by Gasteiger charge is 2.26. The van der Waals surface area contributed by atoms with Crippen molar-refractivity contribution < 1.29 is 13.3 Å². The maximum Gasteiger partial charge on any atom is 0.293 e. The van der Waals surface area contributed by atoms with Gasteiger partial charge in [0.2, 0.25) is 0 Å². The molecule has 0 aromatic heterocycles. The van der Waals surface area contributed by atoms with Crippen LogP contribution in [0.4, 0.5) is 11.4 Å². The zero-order chi connectivity index (χ0) is 15.6. The molecule has 116 valence electrons. The van der Waals surface area contributed by atoms with Gasteiger partial charge in [0.25, 0.3) is 5.69 Å². The number of anilines is 1. The molecule has 0 saturated carbocycles. The normalized spacial score (nSPS) is 19.5. The maximum atomic E-state index is 11.6. The Morgan fingerprint density at radius 1 is 1.43 bits per heavy atom. The minimum absolute atomic E-state index is 0.0120. The Kier molecular flexibility index (Phi) is 4.51. The zero-order valence-electron chi connectivity index (χ0n) is 12.3. The van der Waals surface area contributed by atoms with Crippen LogP contribution in [0.15, 0.2) is 23.1 Å². The highest BCUT2D eigenvalue weighted by atomic mass is 32.2. The average molecular weight is 312 g/mol. The molecule has 1 saturated heterocycles. The molecule has 1 aromatic carbocycles. The van der Waals surface area contributed by atoms with Gasteiger partial charge < -0.3 is 4.90 Å². The molecule has 1 aliphatic heterocycles. The van der Waals surface area contributed by atoms with Crippen LogP contribution in [0.25, 0.3) is 0 Å². The fourth-order valence-electron chi connectivity index (χ4n) is 2.76. The van der Waals surface area contributed by atoms with Crippen molar-refractivity contribution in [2.75, 3.05) is 24.2 Å². The summed E-state index contributed by atoms with van der Waals surface area (Å²) >= 11 is 0. The Labute approximate surface area is 124 Å². The van der Waals surface area contributed by atoms with Gasteiger partial charge in [0, 0.05) is 25.4 Å². The fraction of sp³-hybridized carbons (Fsp3) is 0.571. The molecule has 1 aliphatic rings. The van der Waals surface area contributed by atoms with Crippen LogP contribution in [-0.4, -0.2) is 32.7 Å². The second-order valence-electron chi connectivity index (χ2n) is 5.54. The van der Waals surface area contributed by atoms with Crippen LogP contribution in [0.2, 0.25) is 0 Å². The molecule has 0 spiro atoms. The van der Waals surface area contributed by atoms with Crippen molar-refractivity contribution >= 4 is 21.2 Å². The number of sulfone groups is 1. The predicted molar refractivity (Wildman–Crippen MR) is 81.4 cm³/mol. The Morgan fingerprint density at radius 3 is 2.71 bits per heavy atom. The lowest BCUT2D eigenvalue weighted by atomic mass is 9.95. The number of hydrogen-bond acceptors (Lipinski definition) is 5. The van der Waals surface area contributed by atoms with Gasteiger partial charge in [0.05, 0.1) is 9.82 Å². The molecule has 1 atom stereocenters. The molecule has 0 radical (unpaired) electrons. The Hall–Kier alpha value is -1.63. The summed E-state index contributed by atoms with van der Waals surface area (Å²) < 4.78 is 23.1. The molecule has 7 heteroatoms. The molecule has 2 rings (SSSR count). The Bertz CT molecular complexity index is 642. The van der Waals surface area contributed by atoms with E-state index in [0.29, 0.717) is 11.6 Å². The summed E-state index contributed by atoms with van der Waals surface area (Å²) in [5.41, 5.74) is 0.389. The summed E-state index contributed by atoms with van der Waals surface area (Å²) in [5, 5.41) is 11.3. The zero-order valence-corrected chi connectivity index (χ0v) is 13.1. The number of hydrogen-bond donors (Lipinski definition) is 0. The Balaban J connectivity index is 2.41. The lowest BCUT2D eigenvalue weighted by Crippen LogP contribution is -2.35. The van der Waals surface area contributed by atoms with Crippen molar-refractivity contribution in [2.24, 2.45) is 5.92 Å². The molecule has 1 fully saturated rings. The first-order valence-corrected chi connectivity index (χ1v) is 8.95. The molecule has 1 aromatic rings. The number of nitro benzene ring substituents is 1. The third-order valence-corrected chi connectivity index (χ3v) is 5.12. The minimum Gasteiger partial charge on any atom is -0.366 e. The van der Waals surface area contributed by atoms with E-state index in [1.165, 1.54) is 12.1 Å². The number of piperidine rings is 1. The second-order valence-corrected chi connectivity index (χ2v) is 7.56. The predicted octanol–water partition coefficient (Wildman–Crippen LogP) is 2.62. The standard InChI is InChI=1S/C14H20N2O4S/c1-3-11-5-4-8-15(10-11)13-7-6-12(21(2,19)20)9-14(13)16(17)18/h6-7,9,11H,3-5,8,10H2,1-2H3/t11-/m0/s1. The second kappa shape index (κ2) is 6.01. The van der Waals surface area contributed by atoms with E-state index in [0.717, 1.165) is 38.6 Å². The summed E-state index contributed by atoms with van der Waals surface area (Å²) in [6.07, 6.45) is 4.25. The van der Waals surface area contributed by atoms with Crippen molar-refractivity contribution in [3.8, 4) is 0 Å². The van der Waals surface area contributed by atoms with Gasteiger partial charge in [-0.1, -0.05) is 13.3 Å². The third kappa shape index (κ3) is 3.53. The first kappa shape index (κ1) is 15.8. The smallest absolute Gasteiger partial charge is 0.293 e. The van der Waals surface area contributed by atoms with Gasteiger partial charge >= 0.3 is 0 Å². The van der Waals surface area contributed by atoms with Crippen molar-refractivity contribution in [3.05, 3.63) is 28.3 Å². The summed E-state index contributed by atoms with van der Waals surface area (Å²) in [4.78, 5) is 12.8. The number of nitro groups is 1. The van der Waals surface area contributed by atoms with Crippen LogP contribution in [0, 0.1) is 16.0 Å². The quantitative estimate of drug-likeness (QED) is 0.630. The van der Waals surface area contributed by atoms with Gasteiger partial charge in [-0.2, -0.15) is 0 Å². The molecule has 0 aliphatic carbocycles. The van der Waals surface area contributed by atoms with Crippen molar-refractivity contribution in [1.82, 2.24) is 0 Å². The van der Waals surface area contributed by atoms with Crippen LogP contribution in [0.1, 0.15) is 26.2 Å². The van der Waals surface area contributed by atoms with Gasteiger partial charge in [-0.05, 0) is 30.9 Å². The average Bonchev–Trinajstić information content (AvgIpc) is 2.45. The molecule has 0 amide bonds. The van der Waals surface area contributed by atoms with Crippen LogP contribution in [0.5, 0.6) is 0 Å². The van der Waals surface area contributed by atoms with E-state index in [-0.39, 0.29) is 10.6 Å². The minimum atomic E-state index is -3.44. The first-order valence-electron chi connectivity index (χ1n) is 7.06. The lowest BCUT2D eigenvalue weighted by Gasteiger charge is -2.33. The topological polar surface area (TPSA) is 80.5 Å². The van der Waals surface area contributed by atoms with Crippen LogP contribution in [0.3, 0.4) is 0 Å². The highest BCUT2D eigenvalue weighted by molar-refractivity contribution is 7.90. The van der Waals surface area contributed by atoms with Crippen LogP contribution in [-0.2, 0) is 9.84 Å². The number of benzene rings is 1. The third-order valence-electron chi connectivity index (χ3n) is 4.01. The van der Waals surface area contributed by atoms with E-state index in [1.807, 2.05) is 4.90 Å². The summed E-state index contributed by atoms with van der Waals surface area (Å²) in [5.74, 6) is 0.535. The molecular weight excluding hydrogens is 292 g/mol. The van der Waals surface area contributed by atoms with Crippen molar-refractivity contribution in [2.45, 2.75) is 31.1 Å². The van der Waals surface area contributed by atoms with Gasteiger partial charge in [-0.15, -0.1) is 0 Å². The summed E-state index contributed by atoms with van der Waals surface area (Å²) in [6, 6.07) is 4.18. The SMILES string of the molecule is CC[C@H]1CCCN(c2ccc(S(C)(=O)=O)cc2[N+](=O)[O-])C1. The molecule has 1 heterocycles. The van der Waals surface area contributed by atoms with Gasteiger partial charge in [0.1, 0.15) is 5.69 Å². The van der Waals surface area contributed by atoms with Gasteiger partial charge in [-0.25, -0.2) is 8.42 Å². The van der Waals surface area contributed by atoms with E-state index in [9.17, 15) is 18.5 Å².